The van der Waals surface area contributed by atoms with Crippen molar-refractivity contribution in [2.24, 2.45) is 0 Å². The van der Waals surface area contributed by atoms with Gasteiger partial charge in [0.15, 0.2) is 0 Å². The molecule has 2 aromatic carbocycles. The summed E-state index contributed by atoms with van der Waals surface area (Å²) in [7, 11) is 0. The molecule has 0 spiro atoms. The molecule has 0 saturated heterocycles. The summed E-state index contributed by atoms with van der Waals surface area (Å²) in [5.74, 6) is 0. The number of hydrogen-bond acceptors (Lipinski definition) is 3. The van der Waals surface area contributed by atoms with Crippen LogP contribution in [-0.4, -0.2) is 34.6 Å². The van der Waals surface area contributed by atoms with Gasteiger partial charge in [0.2, 0.25) is 0 Å². The molecule has 0 aliphatic carbocycles. The van der Waals surface area contributed by atoms with Crippen LogP contribution in [0.15, 0.2) is 48.5 Å². The van der Waals surface area contributed by atoms with Crippen molar-refractivity contribution in [2.75, 3.05) is 13.2 Å². The van der Waals surface area contributed by atoms with E-state index in [1.807, 2.05) is 0 Å². The first-order valence-corrected chi connectivity index (χ1v) is 7.36. The van der Waals surface area contributed by atoms with Gasteiger partial charge in [0, 0.05) is 0 Å². The van der Waals surface area contributed by atoms with Gasteiger partial charge in [0.1, 0.15) is 6.10 Å². The second kappa shape index (κ2) is 11.9. The minimum Gasteiger partial charge on any atom is -0.394 e. The van der Waals surface area contributed by atoms with Gasteiger partial charge in [0.05, 0.1) is 13.2 Å². The van der Waals surface area contributed by atoms with Crippen molar-refractivity contribution in [3.8, 4) is 0 Å². The van der Waals surface area contributed by atoms with Crippen molar-refractivity contribution in [1.82, 2.24) is 0 Å². The number of aliphatic hydroxyl groups excluding tert-OH is 3. The van der Waals surface area contributed by atoms with Crippen LogP contribution in [0.3, 0.4) is 0 Å². The number of aliphatic hydroxyl groups is 3. The summed E-state index contributed by atoms with van der Waals surface area (Å²) in [6, 6.07) is 16.8. The average molecular weight is 304 g/mol. The van der Waals surface area contributed by atoms with E-state index in [0.717, 1.165) is 0 Å². The first-order valence-electron chi connectivity index (χ1n) is 7.36. The quantitative estimate of drug-likeness (QED) is 0.799. The molecule has 0 aliphatic heterocycles. The van der Waals surface area contributed by atoms with Gasteiger partial charge in [0.25, 0.3) is 0 Å². The number of benzene rings is 2. The van der Waals surface area contributed by atoms with E-state index in [-0.39, 0.29) is 13.2 Å². The molecule has 2 rings (SSSR count). The Balaban J connectivity index is 0.000000306. The molecule has 0 saturated carbocycles. The molecule has 22 heavy (non-hydrogen) atoms. The largest absolute Gasteiger partial charge is 0.394 e. The third-order valence-electron chi connectivity index (χ3n) is 3.07. The highest BCUT2D eigenvalue weighted by Crippen LogP contribution is 2.02. The summed E-state index contributed by atoms with van der Waals surface area (Å²) in [5, 5.41) is 24.0. The van der Waals surface area contributed by atoms with Crippen molar-refractivity contribution < 1.29 is 15.3 Å². The Kier molecular flexibility index (Phi) is 11.0. The average Bonchev–Trinajstić information content (AvgIpc) is 2.53. The maximum atomic E-state index is 8.17. The van der Waals surface area contributed by atoms with Crippen LogP contribution in [0.5, 0.6) is 0 Å². The molecule has 122 valence electrons. The van der Waals surface area contributed by atoms with E-state index in [9.17, 15) is 0 Å². The van der Waals surface area contributed by atoms with Crippen molar-refractivity contribution in [3.63, 3.8) is 0 Å². The van der Waals surface area contributed by atoms with Crippen LogP contribution >= 0.6 is 0 Å². The van der Waals surface area contributed by atoms with E-state index in [2.05, 4.69) is 76.2 Å². The van der Waals surface area contributed by atoms with Gasteiger partial charge in [-0.15, -0.1) is 0 Å². The smallest absolute Gasteiger partial charge is 0.100 e. The molecule has 0 atom stereocenters. The lowest BCUT2D eigenvalue weighted by molar-refractivity contribution is 0.0450. The molecular weight excluding hydrogens is 276 g/mol. The SMILES string of the molecule is Cc1ccc(C)cc1.Cc1ccccc1C.OCC(O)CO. The molecular formula is C19H28O3. The van der Waals surface area contributed by atoms with Crippen LogP contribution < -0.4 is 0 Å². The Morgan fingerprint density at radius 3 is 1.18 bits per heavy atom. The molecule has 0 radical (unpaired) electrons. The zero-order valence-electron chi connectivity index (χ0n) is 14.0. The fourth-order valence-corrected chi connectivity index (χ4v) is 1.36. The third kappa shape index (κ3) is 10.1. The minimum absolute atomic E-state index is 0.365. The fraction of sp³-hybridized carbons (Fsp3) is 0.368. The van der Waals surface area contributed by atoms with E-state index in [1.54, 1.807) is 0 Å². The monoisotopic (exact) mass is 304 g/mol. The number of aryl methyl sites for hydroxylation is 4. The van der Waals surface area contributed by atoms with E-state index >= 15 is 0 Å². The summed E-state index contributed by atoms with van der Waals surface area (Å²) in [4.78, 5) is 0. The summed E-state index contributed by atoms with van der Waals surface area (Å²) >= 11 is 0. The lowest BCUT2D eigenvalue weighted by Gasteiger charge is -1.96. The first kappa shape index (κ1) is 20.3. The van der Waals surface area contributed by atoms with Crippen LogP contribution in [0.25, 0.3) is 0 Å². The van der Waals surface area contributed by atoms with Crippen molar-refractivity contribution in [3.05, 3.63) is 70.8 Å². The third-order valence-corrected chi connectivity index (χ3v) is 3.07. The number of hydrogen-bond donors (Lipinski definition) is 3. The Morgan fingerprint density at radius 1 is 0.682 bits per heavy atom. The topological polar surface area (TPSA) is 60.7 Å². The second-order valence-corrected chi connectivity index (χ2v) is 5.26. The Bertz CT molecular complexity index is 460. The van der Waals surface area contributed by atoms with Gasteiger partial charge in [-0.05, 0) is 38.8 Å². The Hall–Kier alpha value is -1.68. The molecule has 3 nitrogen and oxygen atoms in total. The van der Waals surface area contributed by atoms with E-state index < -0.39 is 6.10 Å². The molecule has 0 bridgehead atoms. The summed E-state index contributed by atoms with van der Waals surface area (Å²) in [6.07, 6.45) is -0.954. The molecule has 0 aliphatic rings. The highest BCUT2D eigenvalue weighted by molar-refractivity contribution is 5.23. The minimum atomic E-state index is -0.954. The van der Waals surface area contributed by atoms with Crippen molar-refractivity contribution in [1.29, 1.82) is 0 Å². The molecule has 0 heterocycles. The molecule has 3 heteroatoms. The van der Waals surface area contributed by atoms with Gasteiger partial charge < -0.3 is 15.3 Å². The highest BCUT2D eigenvalue weighted by atomic mass is 16.3. The first-order chi connectivity index (χ1) is 10.4. The predicted molar refractivity (Wildman–Crippen MR) is 92.0 cm³/mol. The Labute approximate surface area is 133 Å². The zero-order chi connectivity index (χ0) is 17.0. The summed E-state index contributed by atoms with van der Waals surface area (Å²) < 4.78 is 0. The number of rotatable bonds is 2. The molecule has 3 N–H and O–H groups in total. The van der Waals surface area contributed by atoms with Crippen LogP contribution in [0, 0.1) is 27.7 Å². The predicted octanol–water partition coefficient (Wildman–Crippen LogP) is 2.94. The van der Waals surface area contributed by atoms with Crippen LogP contribution in [0.2, 0.25) is 0 Å². The van der Waals surface area contributed by atoms with E-state index in [1.165, 1.54) is 22.3 Å². The lowest BCUT2D eigenvalue weighted by Crippen LogP contribution is -2.15. The molecule has 0 amide bonds. The second-order valence-electron chi connectivity index (χ2n) is 5.26. The van der Waals surface area contributed by atoms with Gasteiger partial charge >= 0.3 is 0 Å². The van der Waals surface area contributed by atoms with Crippen LogP contribution in [0.4, 0.5) is 0 Å². The van der Waals surface area contributed by atoms with Gasteiger partial charge in [-0.1, -0.05) is 59.7 Å². The van der Waals surface area contributed by atoms with Gasteiger partial charge in [-0.25, -0.2) is 0 Å². The van der Waals surface area contributed by atoms with Crippen molar-refractivity contribution in [2.45, 2.75) is 33.8 Å². The normalized spacial score (nSPS) is 9.45. The molecule has 0 fully saturated rings. The summed E-state index contributed by atoms with van der Waals surface area (Å²) in [6.45, 7) is 7.70. The molecule has 0 aromatic heterocycles. The van der Waals surface area contributed by atoms with Crippen LogP contribution in [0.1, 0.15) is 22.3 Å². The van der Waals surface area contributed by atoms with Crippen molar-refractivity contribution >= 4 is 0 Å². The zero-order valence-corrected chi connectivity index (χ0v) is 14.0. The highest BCUT2D eigenvalue weighted by Gasteiger charge is 1.93. The maximum Gasteiger partial charge on any atom is 0.100 e. The fourth-order valence-electron chi connectivity index (χ4n) is 1.36. The summed E-state index contributed by atoms with van der Waals surface area (Å²) in [5.41, 5.74) is 5.39. The molecule has 2 aromatic rings. The van der Waals surface area contributed by atoms with E-state index in [4.69, 9.17) is 15.3 Å². The lowest BCUT2D eigenvalue weighted by atomic mass is 10.1. The van der Waals surface area contributed by atoms with E-state index in [0.29, 0.717) is 0 Å². The van der Waals surface area contributed by atoms with Crippen LogP contribution in [-0.2, 0) is 0 Å². The molecule has 0 unspecified atom stereocenters. The maximum absolute atomic E-state index is 8.17. The van der Waals surface area contributed by atoms with Gasteiger partial charge in [-0.3, -0.25) is 0 Å². The van der Waals surface area contributed by atoms with Gasteiger partial charge in [-0.2, -0.15) is 0 Å². The Morgan fingerprint density at radius 2 is 1.00 bits per heavy atom. The standard InChI is InChI=1S/2C8H10.C3H8O3/c1-7-3-5-8(2)6-4-7;1-7-5-3-4-6-8(7)2;4-1-3(6)2-5/h2*3-6H,1-2H3;3-6H,1-2H2.